The number of anilines is 1. The first-order chi connectivity index (χ1) is 12.7. The van der Waals surface area contributed by atoms with Crippen LogP contribution >= 0.6 is 0 Å². The molecule has 0 saturated heterocycles. The quantitative estimate of drug-likeness (QED) is 0.720. The Morgan fingerprint density at radius 2 is 1.63 bits per heavy atom. The number of rotatable bonds is 8. The van der Waals surface area contributed by atoms with Crippen molar-refractivity contribution < 1.29 is 17.9 Å². The third-order valence-electron chi connectivity index (χ3n) is 3.61. The normalized spacial score (nSPS) is 11.6. The summed E-state index contributed by atoms with van der Waals surface area (Å²) in [6.07, 6.45) is -0.0223. The van der Waals surface area contributed by atoms with Gasteiger partial charge < -0.3 is 10.1 Å². The van der Waals surface area contributed by atoms with Crippen molar-refractivity contribution in [2.45, 2.75) is 38.7 Å². The lowest BCUT2D eigenvalue weighted by molar-refractivity contribution is 0.102. The first-order valence-electron chi connectivity index (χ1n) is 8.86. The van der Waals surface area contributed by atoms with E-state index in [1.165, 1.54) is 24.3 Å². The number of hydrogen-bond donors (Lipinski definition) is 2. The molecule has 0 unspecified atom stereocenters. The van der Waals surface area contributed by atoms with Crippen molar-refractivity contribution in [3.63, 3.8) is 0 Å². The van der Waals surface area contributed by atoms with E-state index < -0.39 is 10.0 Å². The van der Waals surface area contributed by atoms with Crippen LogP contribution in [0.4, 0.5) is 5.69 Å². The Labute approximate surface area is 161 Å². The second-order valence-electron chi connectivity index (χ2n) is 6.89. The van der Waals surface area contributed by atoms with Crippen molar-refractivity contribution in [1.29, 1.82) is 0 Å². The van der Waals surface area contributed by atoms with E-state index in [9.17, 15) is 13.2 Å². The zero-order chi connectivity index (χ0) is 20.0. The Hall–Kier alpha value is -2.38. The first kappa shape index (κ1) is 20.9. The molecule has 0 aromatic heterocycles. The topological polar surface area (TPSA) is 84.5 Å². The molecule has 0 fully saturated rings. The Bertz CT molecular complexity index is 875. The monoisotopic (exact) mass is 390 g/mol. The van der Waals surface area contributed by atoms with Crippen molar-refractivity contribution in [2.75, 3.05) is 11.9 Å². The summed E-state index contributed by atoms with van der Waals surface area (Å²) < 4.78 is 32.7. The van der Waals surface area contributed by atoms with E-state index in [2.05, 4.69) is 10.0 Å². The van der Waals surface area contributed by atoms with Gasteiger partial charge in [-0.3, -0.25) is 4.79 Å². The lowest BCUT2D eigenvalue weighted by Gasteiger charge is -2.15. The van der Waals surface area contributed by atoms with Gasteiger partial charge in [-0.05, 0) is 56.2 Å². The second kappa shape index (κ2) is 9.01. The number of para-hydroxylation sites is 2. The highest BCUT2D eigenvalue weighted by molar-refractivity contribution is 7.89. The van der Waals surface area contributed by atoms with Crippen molar-refractivity contribution in [2.24, 2.45) is 5.92 Å². The summed E-state index contributed by atoms with van der Waals surface area (Å²) in [5.74, 6) is 0.449. The third kappa shape index (κ3) is 6.08. The highest BCUT2D eigenvalue weighted by Gasteiger charge is 2.16. The van der Waals surface area contributed by atoms with Gasteiger partial charge in [-0.15, -0.1) is 0 Å². The van der Waals surface area contributed by atoms with Gasteiger partial charge in [0.15, 0.2) is 0 Å². The maximum atomic E-state index is 12.5. The smallest absolute Gasteiger partial charge is 0.255 e. The summed E-state index contributed by atoms with van der Waals surface area (Å²) in [7, 11) is -3.58. The first-order valence-corrected chi connectivity index (χ1v) is 10.3. The van der Waals surface area contributed by atoms with E-state index in [1.54, 1.807) is 18.2 Å². The van der Waals surface area contributed by atoms with Crippen LogP contribution in [0.2, 0.25) is 0 Å². The van der Waals surface area contributed by atoms with E-state index in [-0.39, 0.29) is 22.8 Å². The molecule has 2 rings (SSSR count). The molecule has 1 amide bonds. The van der Waals surface area contributed by atoms with Crippen LogP contribution in [-0.4, -0.2) is 27.0 Å². The molecular formula is C20H26N2O4S. The van der Waals surface area contributed by atoms with E-state index in [1.807, 2.05) is 33.8 Å². The Morgan fingerprint density at radius 1 is 1.00 bits per heavy atom. The predicted octanol–water partition coefficient (Wildman–Crippen LogP) is 3.66. The number of hydrogen-bond acceptors (Lipinski definition) is 4. The Morgan fingerprint density at radius 3 is 2.22 bits per heavy atom. The molecule has 2 aromatic rings. The molecule has 2 N–H and O–H groups in total. The maximum Gasteiger partial charge on any atom is 0.255 e. The lowest BCUT2D eigenvalue weighted by Crippen LogP contribution is -2.27. The van der Waals surface area contributed by atoms with E-state index in [4.69, 9.17) is 4.74 Å². The fourth-order valence-electron chi connectivity index (χ4n) is 2.27. The summed E-state index contributed by atoms with van der Waals surface area (Å²) in [4.78, 5) is 12.6. The largest absolute Gasteiger partial charge is 0.489 e. The van der Waals surface area contributed by atoms with Crippen molar-refractivity contribution in [3.05, 3.63) is 54.1 Å². The van der Waals surface area contributed by atoms with Gasteiger partial charge in [0.2, 0.25) is 10.0 Å². The molecule has 146 valence electrons. The lowest BCUT2D eigenvalue weighted by atomic mass is 10.2. The summed E-state index contributed by atoms with van der Waals surface area (Å²) in [5.41, 5.74) is 0.920. The van der Waals surface area contributed by atoms with Gasteiger partial charge in [0.05, 0.1) is 16.7 Å². The van der Waals surface area contributed by atoms with Gasteiger partial charge in [0.25, 0.3) is 5.91 Å². The Kier molecular flexibility index (Phi) is 6.98. The average Bonchev–Trinajstić information content (AvgIpc) is 2.61. The third-order valence-corrected chi connectivity index (χ3v) is 5.05. The molecule has 27 heavy (non-hydrogen) atoms. The molecule has 0 atom stereocenters. The summed E-state index contributed by atoms with van der Waals surface area (Å²) in [5, 5.41) is 2.80. The summed E-state index contributed by atoms with van der Waals surface area (Å²) in [6, 6.07) is 13.0. The molecular weight excluding hydrogens is 364 g/mol. The number of sulfonamides is 1. The molecule has 6 nitrogen and oxygen atoms in total. The second-order valence-corrected chi connectivity index (χ2v) is 8.65. The molecule has 0 saturated carbocycles. The van der Waals surface area contributed by atoms with Crippen LogP contribution in [0.25, 0.3) is 0 Å². The zero-order valence-electron chi connectivity index (χ0n) is 16.0. The van der Waals surface area contributed by atoms with Crippen LogP contribution in [0.5, 0.6) is 5.75 Å². The number of carbonyl (C=O) groups is 1. The number of ether oxygens (including phenoxy) is 1. The number of amides is 1. The van der Waals surface area contributed by atoms with Crippen molar-refractivity contribution in [3.8, 4) is 5.75 Å². The van der Waals surface area contributed by atoms with Crippen LogP contribution in [0.3, 0.4) is 0 Å². The highest BCUT2D eigenvalue weighted by Crippen LogP contribution is 2.25. The van der Waals surface area contributed by atoms with Gasteiger partial charge in [0, 0.05) is 12.1 Å². The number of nitrogens with one attached hydrogen (secondary N) is 2. The predicted molar refractivity (Wildman–Crippen MR) is 107 cm³/mol. The molecule has 0 radical (unpaired) electrons. The number of carbonyl (C=O) groups excluding carboxylic acids is 1. The summed E-state index contributed by atoms with van der Waals surface area (Å²) >= 11 is 0. The fourth-order valence-corrected chi connectivity index (χ4v) is 3.48. The van der Waals surface area contributed by atoms with Crippen molar-refractivity contribution in [1.82, 2.24) is 4.72 Å². The van der Waals surface area contributed by atoms with Crippen molar-refractivity contribution >= 4 is 21.6 Å². The minimum atomic E-state index is -3.58. The molecule has 0 heterocycles. The average molecular weight is 391 g/mol. The van der Waals surface area contributed by atoms with E-state index >= 15 is 0 Å². The van der Waals surface area contributed by atoms with Crippen LogP contribution < -0.4 is 14.8 Å². The fraction of sp³-hybridized carbons (Fsp3) is 0.350. The number of benzene rings is 2. The van der Waals surface area contributed by atoms with E-state index in [0.29, 0.717) is 23.5 Å². The molecule has 7 heteroatoms. The van der Waals surface area contributed by atoms with Crippen LogP contribution in [0.15, 0.2) is 53.4 Å². The highest BCUT2D eigenvalue weighted by atomic mass is 32.2. The van der Waals surface area contributed by atoms with Crippen LogP contribution in [-0.2, 0) is 10.0 Å². The van der Waals surface area contributed by atoms with Crippen LogP contribution in [0, 0.1) is 5.92 Å². The maximum absolute atomic E-state index is 12.5. The van der Waals surface area contributed by atoms with Gasteiger partial charge in [-0.25, -0.2) is 13.1 Å². The molecule has 0 aliphatic heterocycles. The minimum absolute atomic E-state index is 0.0223. The molecule has 0 bridgehead atoms. The van der Waals surface area contributed by atoms with Gasteiger partial charge in [0.1, 0.15) is 5.75 Å². The van der Waals surface area contributed by atoms with Gasteiger partial charge in [-0.2, -0.15) is 0 Å². The summed E-state index contributed by atoms with van der Waals surface area (Å²) in [6.45, 7) is 8.03. The van der Waals surface area contributed by atoms with Gasteiger partial charge >= 0.3 is 0 Å². The standard InChI is InChI=1S/C20H26N2O4S/c1-14(2)13-21-27(24,25)17-11-9-16(10-12-17)20(23)22-18-7-5-6-8-19(18)26-15(3)4/h5-12,14-15,21H,13H2,1-4H3,(H,22,23). The zero-order valence-corrected chi connectivity index (χ0v) is 16.8. The molecule has 0 aliphatic rings. The van der Waals surface area contributed by atoms with Gasteiger partial charge in [-0.1, -0.05) is 26.0 Å². The molecule has 0 aliphatic carbocycles. The molecule has 0 spiro atoms. The minimum Gasteiger partial charge on any atom is -0.489 e. The van der Waals surface area contributed by atoms with E-state index in [0.717, 1.165) is 0 Å². The van der Waals surface area contributed by atoms with Crippen LogP contribution in [0.1, 0.15) is 38.1 Å². The Balaban J connectivity index is 2.13. The molecule has 2 aromatic carbocycles. The SMILES string of the molecule is CC(C)CNS(=O)(=O)c1ccc(C(=O)Nc2ccccc2OC(C)C)cc1.